The Kier molecular flexibility index (Phi) is 6.79. The van der Waals surface area contributed by atoms with Gasteiger partial charge in [-0.05, 0) is 31.2 Å². The number of anilines is 1. The largest absolute Gasteiger partial charge is 0.492 e. The van der Waals surface area contributed by atoms with Gasteiger partial charge in [-0.2, -0.15) is 0 Å². The van der Waals surface area contributed by atoms with Gasteiger partial charge in [0.25, 0.3) is 5.91 Å². The minimum absolute atomic E-state index is 0.0549. The van der Waals surface area contributed by atoms with Crippen LogP contribution in [0.25, 0.3) is 10.1 Å². The van der Waals surface area contributed by atoms with E-state index in [1.54, 1.807) is 36.4 Å². The number of amides is 1. The Morgan fingerprint density at radius 1 is 1.14 bits per heavy atom. The zero-order chi connectivity index (χ0) is 20.8. The van der Waals surface area contributed by atoms with Crippen molar-refractivity contribution in [3.05, 3.63) is 58.7 Å². The fourth-order valence-corrected chi connectivity index (χ4v) is 3.96. The maximum atomic E-state index is 14.2. The fourth-order valence-electron chi connectivity index (χ4n) is 2.85. The van der Waals surface area contributed by atoms with E-state index in [4.69, 9.17) is 14.2 Å². The Balaban J connectivity index is 1.72. The lowest BCUT2D eigenvalue weighted by atomic mass is 10.1. The molecule has 0 bridgehead atoms. The fraction of sp³-hybridized carbons (Fsp3) is 0.238. The van der Waals surface area contributed by atoms with Crippen LogP contribution in [0.4, 0.5) is 10.1 Å². The quantitative estimate of drug-likeness (QED) is 0.551. The molecular formula is C21H20FNO5S. The van der Waals surface area contributed by atoms with E-state index in [9.17, 15) is 14.0 Å². The summed E-state index contributed by atoms with van der Waals surface area (Å²) in [5.74, 6) is -1.12. The van der Waals surface area contributed by atoms with E-state index < -0.39 is 24.3 Å². The summed E-state index contributed by atoms with van der Waals surface area (Å²) < 4.78 is 30.6. The van der Waals surface area contributed by atoms with Gasteiger partial charge in [-0.15, -0.1) is 11.3 Å². The first-order valence-corrected chi connectivity index (χ1v) is 9.74. The molecule has 0 atom stereocenters. The summed E-state index contributed by atoms with van der Waals surface area (Å²) >= 11 is 1.10. The minimum atomic E-state index is -0.703. The van der Waals surface area contributed by atoms with Crippen molar-refractivity contribution in [3.8, 4) is 5.75 Å². The number of methoxy groups -OCH3 is 1. The van der Waals surface area contributed by atoms with Gasteiger partial charge in [-0.25, -0.2) is 9.18 Å². The number of benzene rings is 2. The molecule has 0 radical (unpaired) electrons. The molecule has 0 fully saturated rings. The molecule has 152 valence electrons. The number of rotatable bonds is 8. The van der Waals surface area contributed by atoms with Crippen molar-refractivity contribution in [2.45, 2.75) is 13.5 Å². The molecule has 0 aliphatic rings. The zero-order valence-corrected chi connectivity index (χ0v) is 16.8. The summed E-state index contributed by atoms with van der Waals surface area (Å²) in [5.41, 5.74) is 0.900. The van der Waals surface area contributed by atoms with E-state index >= 15 is 0 Å². The normalized spacial score (nSPS) is 10.7. The lowest BCUT2D eigenvalue weighted by molar-refractivity contribution is -0.119. The van der Waals surface area contributed by atoms with Crippen molar-refractivity contribution in [2.24, 2.45) is 0 Å². The molecule has 0 aliphatic heterocycles. The number of ether oxygens (including phenoxy) is 3. The molecule has 29 heavy (non-hydrogen) atoms. The monoisotopic (exact) mass is 417 g/mol. The number of carbonyl (C=O) groups excluding carboxylic acids is 2. The third-order valence-electron chi connectivity index (χ3n) is 4.03. The van der Waals surface area contributed by atoms with Crippen molar-refractivity contribution >= 4 is 39.0 Å². The highest BCUT2D eigenvalue weighted by molar-refractivity contribution is 7.21. The molecule has 8 heteroatoms. The zero-order valence-electron chi connectivity index (χ0n) is 16.0. The number of nitrogens with one attached hydrogen (secondary N) is 1. The molecular weight excluding hydrogens is 397 g/mol. The molecule has 0 spiro atoms. The second-order valence-electron chi connectivity index (χ2n) is 6.01. The number of hydrogen-bond acceptors (Lipinski definition) is 6. The van der Waals surface area contributed by atoms with Gasteiger partial charge in [-0.3, -0.25) is 4.79 Å². The highest BCUT2D eigenvalue weighted by atomic mass is 32.1. The predicted molar refractivity (Wildman–Crippen MR) is 109 cm³/mol. The molecule has 1 aromatic heterocycles. The number of carbonyl (C=O) groups is 2. The summed E-state index contributed by atoms with van der Waals surface area (Å²) in [7, 11) is 1.46. The van der Waals surface area contributed by atoms with Crippen LogP contribution >= 0.6 is 11.3 Å². The van der Waals surface area contributed by atoms with Crippen LogP contribution in [-0.2, 0) is 20.9 Å². The summed E-state index contributed by atoms with van der Waals surface area (Å²) in [5, 5.41) is 2.99. The van der Waals surface area contributed by atoms with E-state index in [0.717, 1.165) is 11.3 Å². The van der Waals surface area contributed by atoms with Crippen molar-refractivity contribution in [1.82, 2.24) is 0 Å². The van der Waals surface area contributed by atoms with Crippen LogP contribution in [0.2, 0.25) is 0 Å². The Bertz CT molecular complexity index is 1030. The third-order valence-corrected chi connectivity index (χ3v) is 5.21. The van der Waals surface area contributed by atoms with Crippen LogP contribution in [0.15, 0.2) is 42.5 Å². The van der Waals surface area contributed by atoms with Crippen molar-refractivity contribution < 1.29 is 28.2 Å². The summed E-state index contributed by atoms with van der Waals surface area (Å²) in [6, 6.07) is 11.6. The SMILES string of the molecule is CCOc1ccccc1NC(=O)COC(=O)c1sc2cccc(F)c2c1COC. The lowest BCUT2D eigenvalue weighted by Gasteiger charge is -2.11. The van der Waals surface area contributed by atoms with Crippen LogP contribution in [0.5, 0.6) is 5.75 Å². The Morgan fingerprint density at radius 2 is 1.93 bits per heavy atom. The van der Waals surface area contributed by atoms with Gasteiger partial charge in [0.1, 0.15) is 16.4 Å². The summed E-state index contributed by atoms with van der Waals surface area (Å²) in [6.07, 6.45) is 0. The molecule has 0 saturated carbocycles. The van der Waals surface area contributed by atoms with Crippen LogP contribution in [0.1, 0.15) is 22.2 Å². The Labute approximate surface area is 171 Å². The summed E-state index contributed by atoms with van der Waals surface area (Å²) in [4.78, 5) is 25.0. The number of halogens is 1. The van der Waals surface area contributed by atoms with E-state index in [1.165, 1.54) is 13.2 Å². The molecule has 6 nitrogen and oxygen atoms in total. The molecule has 0 unspecified atom stereocenters. The van der Waals surface area contributed by atoms with Crippen LogP contribution in [0.3, 0.4) is 0 Å². The van der Waals surface area contributed by atoms with Crippen molar-refractivity contribution in [2.75, 3.05) is 25.6 Å². The van der Waals surface area contributed by atoms with Crippen LogP contribution in [-0.4, -0.2) is 32.2 Å². The molecule has 3 aromatic rings. The first kappa shape index (κ1) is 20.8. The molecule has 0 saturated heterocycles. The van der Waals surface area contributed by atoms with Gasteiger partial charge in [0, 0.05) is 22.8 Å². The Morgan fingerprint density at radius 3 is 2.69 bits per heavy atom. The second-order valence-corrected chi connectivity index (χ2v) is 7.06. The maximum absolute atomic E-state index is 14.2. The van der Waals surface area contributed by atoms with E-state index in [-0.39, 0.29) is 11.5 Å². The topological polar surface area (TPSA) is 73.9 Å². The van der Waals surface area contributed by atoms with Gasteiger partial charge in [0.2, 0.25) is 0 Å². The first-order valence-electron chi connectivity index (χ1n) is 8.92. The van der Waals surface area contributed by atoms with Crippen molar-refractivity contribution in [3.63, 3.8) is 0 Å². The lowest BCUT2D eigenvalue weighted by Crippen LogP contribution is -2.21. The second kappa shape index (κ2) is 9.49. The number of fused-ring (bicyclic) bond motifs is 1. The smallest absolute Gasteiger partial charge is 0.349 e. The number of thiophene rings is 1. The van der Waals surface area contributed by atoms with Crippen molar-refractivity contribution in [1.29, 1.82) is 0 Å². The van der Waals surface area contributed by atoms with E-state index in [1.807, 2.05) is 6.92 Å². The first-order chi connectivity index (χ1) is 14.0. The highest BCUT2D eigenvalue weighted by Crippen LogP contribution is 2.34. The molecule has 2 aromatic carbocycles. The standard InChI is InChI=1S/C21H20FNO5S/c1-3-27-16-9-5-4-8-15(16)23-18(24)12-28-21(25)20-13(11-26-2)19-14(22)7-6-10-17(19)29-20/h4-10H,3,11-12H2,1-2H3,(H,23,24). The summed E-state index contributed by atoms with van der Waals surface area (Å²) in [6.45, 7) is 1.86. The average Bonchev–Trinajstić information content (AvgIpc) is 3.08. The van der Waals surface area contributed by atoms with Gasteiger partial charge in [-0.1, -0.05) is 18.2 Å². The average molecular weight is 417 g/mol. The molecule has 1 amide bonds. The molecule has 1 heterocycles. The number of hydrogen-bond donors (Lipinski definition) is 1. The highest BCUT2D eigenvalue weighted by Gasteiger charge is 2.22. The maximum Gasteiger partial charge on any atom is 0.349 e. The van der Waals surface area contributed by atoms with Crippen LogP contribution < -0.4 is 10.1 Å². The molecule has 3 rings (SSSR count). The van der Waals surface area contributed by atoms with E-state index in [2.05, 4.69) is 5.32 Å². The van der Waals surface area contributed by atoms with Gasteiger partial charge in [0.15, 0.2) is 6.61 Å². The van der Waals surface area contributed by atoms with E-state index in [0.29, 0.717) is 33.7 Å². The van der Waals surface area contributed by atoms with Crippen LogP contribution in [0, 0.1) is 5.82 Å². The Hall–Kier alpha value is -2.97. The minimum Gasteiger partial charge on any atom is -0.492 e. The number of esters is 1. The molecule has 1 N–H and O–H groups in total. The molecule has 0 aliphatic carbocycles. The van der Waals surface area contributed by atoms with Gasteiger partial charge in [0.05, 0.1) is 18.9 Å². The van der Waals surface area contributed by atoms with Gasteiger partial charge < -0.3 is 19.5 Å². The predicted octanol–water partition coefficient (Wildman–Crippen LogP) is 4.38. The number of para-hydroxylation sites is 2. The van der Waals surface area contributed by atoms with Gasteiger partial charge >= 0.3 is 5.97 Å². The third kappa shape index (κ3) is 4.72.